The van der Waals surface area contributed by atoms with Crippen LogP contribution in [0, 0.1) is 0 Å². The maximum atomic E-state index is 12.0. The molecule has 1 amide bonds. The number of carbonyl (C=O) groups excluding carboxylic acids is 2. The standard InChI is InChI=1S/C12H14N2O5/c1-12(2,11(18)19-3)14-9(15)8-7(10(16)17)5-4-6-13-8/h4-6H,1-3H3,(H,14,15)(H,16,17). The molecule has 1 aromatic heterocycles. The van der Waals surface area contributed by atoms with Crippen LogP contribution in [0.1, 0.15) is 34.7 Å². The predicted octanol–water partition coefficient (Wildman–Crippen LogP) is 0.461. The number of esters is 1. The minimum Gasteiger partial charge on any atom is -0.478 e. The van der Waals surface area contributed by atoms with Gasteiger partial charge in [-0.3, -0.25) is 9.78 Å². The fraction of sp³-hybridized carbons (Fsp3) is 0.333. The molecule has 0 radical (unpaired) electrons. The molecular weight excluding hydrogens is 252 g/mol. The van der Waals surface area contributed by atoms with Gasteiger partial charge in [0, 0.05) is 6.20 Å². The van der Waals surface area contributed by atoms with Crippen molar-refractivity contribution in [1.82, 2.24) is 10.3 Å². The first-order valence-electron chi connectivity index (χ1n) is 5.39. The van der Waals surface area contributed by atoms with Crippen molar-refractivity contribution in [3.63, 3.8) is 0 Å². The summed E-state index contributed by atoms with van der Waals surface area (Å²) in [7, 11) is 1.19. The second-order valence-electron chi connectivity index (χ2n) is 4.28. The summed E-state index contributed by atoms with van der Waals surface area (Å²) in [6, 6.07) is 2.67. The van der Waals surface area contributed by atoms with Crippen LogP contribution in [0.25, 0.3) is 0 Å². The number of methoxy groups -OCH3 is 1. The molecule has 7 nitrogen and oxygen atoms in total. The van der Waals surface area contributed by atoms with E-state index in [-0.39, 0.29) is 11.3 Å². The number of amides is 1. The van der Waals surface area contributed by atoms with Crippen LogP contribution < -0.4 is 5.32 Å². The summed E-state index contributed by atoms with van der Waals surface area (Å²) in [6.45, 7) is 2.89. The maximum Gasteiger partial charge on any atom is 0.338 e. The van der Waals surface area contributed by atoms with E-state index in [2.05, 4.69) is 15.0 Å². The number of carboxylic acids is 1. The summed E-state index contributed by atoms with van der Waals surface area (Å²) in [6.07, 6.45) is 1.30. The summed E-state index contributed by atoms with van der Waals surface area (Å²) >= 11 is 0. The molecule has 0 bridgehead atoms. The van der Waals surface area contributed by atoms with Gasteiger partial charge >= 0.3 is 11.9 Å². The molecule has 0 spiro atoms. The normalized spacial score (nSPS) is 10.7. The van der Waals surface area contributed by atoms with E-state index in [9.17, 15) is 14.4 Å². The molecule has 0 aliphatic carbocycles. The highest BCUT2D eigenvalue weighted by molar-refractivity contribution is 6.04. The molecule has 0 aliphatic heterocycles. The van der Waals surface area contributed by atoms with Crippen molar-refractivity contribution >= 4 is 17.8 Å². The Morgan fingerprint density at radius 2 is 2.00 bits per heavy atom. The zero-order chi connectivity index (χ0) is 14.6. The molecule has 102 valence electrons. The molecule has 0 saturated carbocycles. The number of carboxylic acid groups (broad SMARTS) is 1. The Morgan fingerprint density at radius 3 is 2.53 bits per heavy atom. The van der Waals surface area contributed by atoms with Crippen LogP contribution in [0.5, 0.6) is 0 Å². The first-order valence-corrected chi connectivity index (χ1v) is 5.39. The Labute approximate surface area is 109 Å². The van der Waals surface area contributed by atoms with E-state index in [1.165, 1.54) is 39.3 Å². The summed E-state index contributed by atoms with van der Waals surface area (Å²) in [4.78, 5) is 38.1. The average Bonchev–Trinajstić information content (AvgIpc) is 2.37. The highest BCUT2D eigenvalue weighted by atomic mass is 16.5. The minimum absolute atomic E-state index is 0.235. The Kier molecular flexibility index (Phi) is 4.21. The summed E-state index contributed by atoms with van der Waals surface area (Å²) < 4.78 is 4.54. The SMILES string of the molecule is COC(=O)C(C)(C)NC(=O)c1ncccc1C(=O)O. The topological polar surface area (TPSA) is 106 Å². The number of hydrogen-bond acceptors (Lipinski definition) is 5. The number of nitrogens with zero attached hydrogens (tertiary/aromatic N) is 1. The third-order valence-corrected chi connectivity index (χ3v) is 2.37. The zero-order valence-electron chi connectivity index (χ0n) is 10.8. The van der Waals surface area contributed by atoms with Crippen molar-refractivity contribution in [1.29, 1.82) is 0 Å². The summed E-state index contributed by atoms with van der Waals surface area (Å²) in [5, 5.41) is 11.3. The van der Waals surface area contributed by atoms with Crippen molar-refractivity contribution in [3.05, 3.63) is 29.6 Å². The molecule has 0 fully saturated rings. The van der Waals surface area contributed by atoms with E-state index in [1.54, 1.807) is 0 Å². The van der Waals surface area contributed by atoms with Crippen molar-refractivity contribution < 1.29 is 24.2 Å². The van der Waals surface area contributed by atoms with Gasteiger partial charge in [-0.2, -0.15) is 0 Å². The van der Waals surface area contributed by atoms with Crippen molar-refractivity contribution in [3.8, 4) is 0 Å². The molecule has 0 saturated heterocycles. The fourth-order valence-corrected chi connectivity index (χ4v) is 1.41. The van der Waals surface area contributed by atoms with Crippen molar-refractivity contribution in [2.45, 2.75) is 19.4 Å². The number of nitrogens with one attached hydrogen (secondary N) is 1. The van der Waals surface area contributed by atoms with Crippen molar-refractivity contribution in [2.75, 3.05) is 7.11 Å². The maximum absolute atomic E-state index is 12.0. The van der Waals surface area contributed by atoms with Crippen LogP contribution in [0.4, 0.5) is 0 Å². The first kappa shape index (κ1) is 14.6. The molecule has 0 unspecified atom stereocenters. The number of carbonyl (C=O) groups is 3. The smallest absolute Gasteiger partial charge is 0.338 e. The lowest BCUT2D eigenvalue weighted by Gasteiger charge is -2.23. The largest absolute Gasteiger partial charge is 0.478 e. The number of rotatable bonds is 4. The van der Waals surface area contributed by atoms with E-state index >= 15 is 0 Å². The van der Waals surface area contributed by atoms with E-state index < -0.39 is 23.4 Å². The lowest BCUT2D eigenvalue weighted by Crippen LogP contribution is -2.50. The molecule has 1 heterocycles. The molecule has 2 N–H and O–H groups in total. The Hall–Kier alpha value is -2.44. The van der Waals surface area contributed by atoms with Gasteiger partial charge in [0.05, 0.1) is 12.7 Å². The minimum atomic E-state index is -1.28. The lowest BCUT2D eigenvalue weighted by molar-refractivity contribution is -0.146. The first-order chi connectivity index (χ1) is 8.79. The molecule has 0 aliphatic rings. The summed E-state index contributed by atoms with van der Waals surface area (Å²) in [5.41, 5.74) is -1.77. The third-order valence-electron chi connectivity index (χ3n) is 2.37. The van der Waals surface area contributed by atoms with Crippen LogP contribution in [0.15, 0.2) is 18.3 Å². The Morgan fingerprint density at radius 1 is 1.37 bits per heavy atom. The second kappa shape index (κ2) is 5.47. The highest BCUT2D eigenvalue weighted by Gasteiger charge is 2.32. The predicted molar refractivity (Wildman–Crippen MR) is 64.8 cm³/mol. The molecule has 0 aromatic carbocycles. The number of hydrogen-bond donors (Lipinski definition) is 2. The van der Waals surface area contributed by atoms with E-state index in [0.29, 0.717) is 0 Å². The van der Waals surface area contributed by atoms with Crippen LogP contribution in [-0.4, -0.2) is 40.6 Å². The Balaban J connectivity index is 3.03. The van der Waals surface area contributed by atoms with Gasteiger partial charge in [0.1, 0.15) is 11.2 Å². The van der Waals surface area contributed by atoms with E-state index in [0.717, 1.165) is 0 Å². The zero-order valence-corrected chi connectivity index (χ0v) is 10.8. The van der Waals surface area contributed by atoms with Gasteiger partial charge in [0.2, 0.25) is 0 Å². The monoisotopic (exact) mass is 266 g/mol. The molecule has 1 rings (SSSR count). The highest BCUT2D eigenvalue weighted by Crippen LogP contribution is 2.10. The Bertz CT molecular complexity index is 525. The molecule has 19 heavy (non-hydrogen) atoms. The lowest BCUT2D eigenvalue weighted by atomic mass is 10.1. The van der Waals surface area contributed by atoms with E-state index in [4.69, 9.17) is 5.11 Å². The van der Waals surface area contributed by atoms with Crippen LogP contribution in [-0.2, 0) is 9.53 Å². The van der Waals surface area contributed by atoms with Crippen LogP contribution in [0.2, 0.25) is 0 Å². The average molecular weight is 266 g/mol. The molecule has 0 atom stereocenters. The van der Waals surface area contributed by atoms with Gasteiger partial charge in [-0.15, -0.1) is 0 Å². The number of pyridine rings is 1. The van der Waals surface area contributed by atoms with E-state index in [1.807, 2.05) is 0 Å². The molecule has 7 heteroatoms. The van der Waals surface area contributed by atoms with Gasteiger partial charge in [-0.1, -0.05) is 0 Å². The molecular formula is C12H14N2O5. The second-order valence-corrected chi connectivity index (χ2v) is 4.28. The van der Waals surface area contributed by atoms with Crippen LogP contribution in [0.3, 0.4) is 0 Å². The van der Waals surface area contributed by atoms with Gasteiger partial charge in [0.25, 0.3) is 5.91 Å². The van der Waals surface area contributed by atoms with Gasteiger partial charge in [0.15, 0.2) is 0 Å². The van der Waals surface area contributed by atoms with Gasteiger partial charge < -0.3 is 15.2 Å². The number of aromatic carboxylic acids is 1. The molecule has 1 aromatic rings. The number of aromatic nitrogens is 1. The number of ether oxygens (including phenoxy) is 1. The summed E-state index contributed by atoms with van der Waals surface area (Å²) in [5.74, 6) is -2.67. The van der Waals surface area contributed by atoms with Gasteiger partial charge in [-0.25, -0.2) is 9.59 Å². The van der Waals surface area contributed by atoms with Crippen LogP contribution >= 0.6 is 0 Å². The third kappa shape index (κ3) is 3.27. The van der Waals surface area contributed by atoms with Crippen molar-refractivity contribution in [2.24, 2.45) is 0 Å². The quantitative estimate of drug-likeness (QED) is 0.767. The fourth-order valence-electron chi connectivity index (χ4n) is 1.41. The van der Waals surface area contributed by atoms with Gasteiger partial charge in [-0.05, 0) is 26.0 Å².